The van der Waals surface area contributed by atoms with Crippen molar-refractivity contribution in [3.05, 3.63) is 23.8 Å². The van der Waals surface area contributed by atoms with E-state index in [2.05, 4.69) is 18.0 Å². The molecule has 39 heavy (non-hydrogen) atoms. The van der Waals surface area contributed by atoms with Crippen molar-refractivity contribution in [1.82, 2.24) is 9.80 Å². The molecule has 0 amide bonds. The van der Waals surface area contributed by atoms with Gasteiger partial charge in [0.15, 0.2) is 5.96 Å². The van der Waals surface area contributed by atoms with Crippen LogP contribution in [0.1, 0.15) is 59.3 Å². The molecule has 0 aromatic rings. The minimum Gasteiger partial charge on any atom is -0.481 e. The van der Waals surface area contributed by atoms with Gasteiger partial charge < -0.3 is 35.0 Å². The Morgan fingerprint density at radius 3 is 2.26 bits per heavy atom. The van der Waals surface area contributed by atoms with Crippen molar-refractivity contribution in [2.75, 3.05) is 35.2 Å². The highest BCUT2D eigenvalue weighted by Gasteiger charge is 2.42. The summed E-state index contributed by atoms with van der Waals surface area (Å²) in [4.78, 5) is 31.1. The molecule has 2 aliphatic rings. The second-order valence-electron chi connectivity index (χ2n) is 11.2. The second-order valence-corrected chi connectivity index (χ2v) is 11.2. The average Bonchev–Trinajstić information content (AvgIpc) is 2.82. The molecule has 0 aromatic carbocycles. The van der Waals surface area contributed by atoms with Crippen LogP contribution in [0, 0.1) is 23.7 Å². The third kappa shape index (κ3) is 11.3. The number of aliphatic carboxylic acids is 1. The fraction of sp³-hybridized carbons (Fsp3) is 0.759. The zero-order valence-corrected chi connectivity index (χ0v) is 24.9. The second kappa shape index (κ2) is 16.6. The largest absolute Gasteiger partial charge is 0.481 e. The van der Waals surface area contributed by atoms with E-state index in [1.165, 1.54) is 0 Å². The van der Waals surface area contributed by atoms with Crippen LogP contribution < -0.4 is 0 Å². The van der Waals surface area contributed by atoms with Crippen LogP contribution in [-0.2, 0) is 14.3 Å². The Labute approximate surface area is 234 Å². The number of nitrogens with zero attached hydrogens (tertiary/aromatic N) is 3. The van der Waals surface area contributed by atoms with Gasteiger partial charge in [-0.3, -0.25) is 14.6 Å². The molecule has 8 atom stereocenters. The summed E-state index contributed by atoms with van der Waals surface area (Å²) in [5.41, 5.74) is 0.958. The first-order valence-corrected chi connectivity index (χ1v) is 13.9. The molecular weight excluding hydrogens is 502 g/mol. The maximum Gasteiger partial charge on any atom is 0.308 e. The van der Waals surface area contributed by atoms with E-state index in [0.717, 1.165) is 11.5 Å². The van der Waals surface area contributed by atoms with E-state index in [1.54, 1.807) is 7.05 Å². The number of hydrogen-bond donors (Lipinski definition) is 4. The lowest BCUT2D eigenvalue weighted by Crippen LogP contribution is -2.43. The molecule has 0 aliphatic heterocycles. The highest BCUT2D eigenvalue weighted by atomic mass is 16.5. The van der Waals surface area contributed by atoms with Crippen molar-refractivity contribution in [2.45, 2.75) is 83.7 Å². The summed E-state index contributed by atoms with van der Waals surface area (Å²) in [6.45, 7) is 5.85. The molecule has 0 saturated carbocycles. The number of carboxylic acids is 1. The van der Waals surface area contributed by atoms with Crippen LogP contribution in [0.15, 0.2) is 28.8 Å². The van der Waals surface area contributed by atoms with Gasteiger partial charge in [0, 0.05) is 47.6 Å². The van der Waals surface area contributed by atoms with E-state index in [1.807, 2.05) is 64.0 Å². The minimum atomic E-state index is -1.10. The number of carbonyl (C=O) groups is 2. The van der Waals surface area contributed by atoms with Crippen molar-refractivity contribution in [3.8, 4) is 0 Å². The Hall–Kier alpha value is -2.43. The van der Waals surface area contributed by atoms with Crippen LogP contribution in [0.4, 0.5) is 0 Å². The molecule has 0 radical (unpaired) electrons. The normalized spacial score (nSPS) is 26.0. The van der Waals surface area contributed by atoms with E-state index in [-0.39, 0.29) is 42.5 Å². The fourth-order valence-corrected chi connectivity index (χ4v) is 5.32. The third-order valence-corrected chi connectivity index (χ3v) is 7.44. The Morgan fingerprint density at radius 2 is 1.77 bits per heavy atom. The summed E-state index contributed by atoms with van der Waals surface area (Å²) in [5, 5.41) is 39.1. The Balaban J connectivity index is 0.000000724. The summed E-state index contributed by atoms with van der Waals surface area (Å²) in [6.07, 6.45) is 4.64. The van der Waals surface area contributed by atoms with Crippen molar-refractivity contribution >= 4 is 17.9 Å². The summed E-state index contributed by atoms with van der Waals surface area (Å²) in [5.74, 6) is -0.328. The summed E-state index contributed by atoms with van der Waals surface area (Å²) < 4.78 is 5.84. The van der Waals surface area contributed by atoms with Crippen LogP contribution >= 0.6 is 0 Å². The molecule has 4 N–H and O–H groups in total. The maximum absolute atomic E-state index is 12.4. The topological polar surface area (TPSA) is 143 Å². The van der Waals surface area contributed by atoms with Gasteiger partial charge in [-0.2, -0.15) is 0 Å². The molecule has 0 unspecified atom stereocenters. The number of fused-ring (bicyclic) bond motifs is 1. The van der Waals surface area contributed by atoms with Crippen LogP contribution in [0.25, 0.3) is 0 Å². The lowest BCUT2D eigenvalue weighted by atomic mass is 9.66. The molecular formula is C29H51N3O7. The van der Waals surface area contributed by atoms with Crippen molar-refractivity contribution < 1.29 is 34.8 Å². The van der Waals surface area contributed by atoms with Gasteiger partial charge in [0.05, 0.1) is 30.7 Å². The number of carbonyl (C=O) groups excluding carboxylic acids is 1. The standard InChI is InChI=1S/C23H36O7.C6H15N3/c1-4-13(2)23(29)30-20-11-17(25)9-15-6-5-14(3)19(22(15)20)8-7-16(24)10-18(26)12-21(27)28;1-7-6(8(2)3)9(4)5/h5-6,9,13-14,16-20,22,24-26H,4,7-8,10-12H2,1-3H3,(H,27,28);1-5H3/t13-,14-,16+,17+,18+,19-,20-,22-;/m0./s1. The number of aliphatic hydroxyl groups excluding tert-OH is 3. The number of guanidine groups is 1. The van der Waals surface area contributed by atoms with Gasteiger partial charge >= 0.3 is 11.9 Å². The number of rotatable bonds is 10. The van der Waals surface area contributed by atoms with Gasteiger partial charge in [-0.25, -0.2) is 0 Å². The number of allylic oxidation sites excluding steroid dienone is 2. The van der Waals surface area contributed by atoms with Crippen LogP contribution in [-0.4, -0.2) is 108 Å². The van der Waals surface area contributed by atoms with E-state index in [4.69, 9.17) is 9.84 Å². The molecule has 0 heterocycles. The van der Waals surface area contributed by atoms with Gasteiger partial charge in [-0.15, -0.1) is 0 Å². The summed E-state index contributed by atoms with van der Waals surface area (Å²) in [7, 11) is 9.69. The summed E-state index contributed by atoms with van der Waals surface area (Å²) in [6, 6.07) is 0. The minimum absolute atomic E-state index is 0.0156. The van der Waals surface area contributed by atoms with Gasteiger partial charge in [0.2, 0.25) is 0 Å². The predicted molar refractivity (Wildman–Crippen MR) is 152 cm³/mol. The molecule has 2 rings (SSSR count). The maximum atomic E-state index is 12.4. The first kappa shape index (κ1) is 34.6. The van der Waals surface area contributed by atoms with Gasteiger partial charge in [-0.05, 0) is 43.1 Å². The van der Waals surface area contributed by atoms with Crippen LogP contribution in [0.3, 0.4) is 0 Å². The molecule has 0 bridgehead atoms. The van der Waals surface area contributed by atoms with Crippen LogP contribution in [0.2, 0.25) is 0 Å². The fourth-order valence-electron chi connectivity index (χ4n) is 5.32. The quantitative estimate of drug-likeness (QED) is 0.182. The molecule has 2 aliphatic carbocycles. The van der Waals surface area contributed by atoms with Gasteiger partial charge in [0.1, 0.15) is 6.10 Å². The Morgan fingerprint density at radius 1 is 1.15 bits per heavy atom. The Kier molecular flexibility index (Phi) is 14.7. The zero-order valence-electron chi connectivity index (χ0n) is 24.9. The highest BCUT2D eigenvalue weighted by Crippen LogP contribution is 2.44. The van der Waals surface area contributed by atoms with E-state index < -0.39 is 30.4 Å². The monoisotopic (exact) mass is 553 g/mol. The zero-order chi connectivity index (χ0) is 29.9. The third-order valence-electron chi connectivity index (χ3n) is 7.44. The van der Waals surface area contributed by atoms with Crippen molar-refractivity contribution in [1.29, 1.82) is 0 Å². The smallest absolute Gasteiger partial charge is 0.308 e. The van der Waals surface area contributed by atoms with Gasteiger partial charge in [-0.1, -0.05) is 39.0 Å². The van der Waals surface area contributed by atoms with E-state index in [9.17, 15) is 24.9 Å². The number of aliphatic hydroxyl groups is 3. The molecule has 0 fully saturated rings. The first-order valence-electron chi connectivity index (χ1n) is 13.9. The molecule has 0 saturated heterocycles. The lowest BCUT2D eigenvalue weighted by Gasteiger charge is -2.43. The number of esters is 1. The van der Waals surface area contributed by atoms with E-state index in [0.29, 0.717) is 25.7 Å². The number of carboxylic acid groups (broad SMARTS) is 1. The highest BCUT2D eigenvalue weighted by molar-refractivity contribution is 5.78. The summed E-state index contributed by atoms with van der Waals surface area (Å²) >= 11 is 0. The molecule has 224 valence electrons. The SMILES string of the molecule is CC[C@H](C)C(=O)O[C@H]1C[C@H](O)C=C2C=C[C@H](C)[C@H](CC[C@@H](O)C[C@@H](O)CC(=O)O)[C@H]21.CN=C(N(C)C)N(C)C. The molecule has 10 heteroatoms. The van der Waals surface area contributed by atoms with E-state index >= 15 is 0 Å². The molecule has 0 spiro atoms. The van der Waals surface area contributed by atoms with Crippen molar-refractivity contribution in [2.24, 2.45) is 28.7 Å². The average molecular weight is 554 g/mol. The Bertz CT molecular complexity index is 861. The molecule has 0 aromatic heterocycles. The van der Waals surface area contributed by atoms with Crippen LogP contribution in [0.5, 0.6) is 0 Å². The number of aliphatic imine (C=N–C) groups is 1. The number of ether oxygens (including phenoxy) is 1. The van der Waals surface area contributed by atoms with Crippen molar-refractivity contribution in [3.63, 3.8) is 0 Å². The molecule has 10 nitrogen and oxygen atoms in total. The number of hydrogen-bond acceptors (Lipinski definition) is 7. The predicted octanol–water partition coefficient (Wildman–Crippen LogP) is 2.54. The lowest BCUT2D eigenvalue weighted by molar-refractivity contribution is -0.159. The first-order chi connectivity index (χ1) is 18.2. The van der Waals surface area contributed by atoms with Gasteiger partial charge in [0.25, 0.3) is 0 Å².